The lowest BCUT2D eigenvalue weighted by atomic mass is 10.0. The number of nitrogens with zero attached hydrogens (tertiary/aromatic N) is 4. The maximum absolute atomic E-state index is 5.99. The van der Waals surface area contributed by atoms with Gasteiger partial charge in [0.15, 0.2) is 0 Å². The van der Waals surface area contributed by atoms with Gasteiger partial charge in [-0.3, -0.25) is 4.90 Å². The number of aromatic nitrogens is 3. The van der Waals surface area contributed by atoms with Gasteiger partial charge in [0.2, 0.25) is 0 Å². The van der Waals surface area contributed by atoms with Crippen molar-refractivity contribution in [3.8, 4) is 0 Å². The number of nitrogens with two attached hydrogens (primary N) is 1. The highest BCUT2D eigenvalue weighted by atomic mass is 16.5. The van der Waals surface area contributed by atoms with Crippen molar-refractivity contribution in [3.63, 3.8) is 0 Å². The van der Waals surface area contributed by atoms with E-state index in [1.807, 2.05) is 24.7 Å². The van der Waals surface area contributed by atoms with Crippen molar-refractivity contribution in [3.05, 3.63) is 11.9 Å². The number of morpholine rings is 1. The summed E-state index contributed by atoms with van der Waals surface area (Å²) in [5, 5.41) is 8.23. The molecule has 1 aromatic rings. The van der Waals surface area contributed by atoms with E-state index < -0.39 is 5.54 Å². The van der Waals surface area contributed by atoms with Crippen LogP contribution < -0.4 is 5.73 Å². The van der Waals surface area contributed by atoms with E-state index in [9.17, 15) is 0 Å². The van der Waals surface area contributed by atoms with E-state index in [1.54, 1.807) is 0 Å². The van der Waals surface area contributed by atoms with Gasteiger partial charge < -0.3 is 10.5 Å². The van der Waals surface area contributed by atoms with Crippen molar-refractivity contribution in [1.82, 2.24) is 19.9 Å². The molecule has 0 aromatic carbocycles. The number of hydrogen-bond donors (Lipinski definition) is 1. The van der Waals surface area contributed by atoms with Gasteiger partial charge in [0, 0.05) is 13.1 Å². The van der Waals surface area contributed by atoms with Gasteiger partial charge in [-0.25, -0.2) is 4.68 Å². The highest BCUT2D eigenvalue weighted by Crippen LogP contribution is 2.13. The Balaban J connectivity index is 1.95. The fourth-order valence-electron chi connectivity index (χ4n) is 2.07. The van der Waals surface area contributed by atoms with Crippen LogP contribution in [0.3, 0.4) is 0 Å². The van der Waals surface area contributed by atoms with Crippen LogP contribution in [0, 0.1) is 0 Å². The molecule has 0 saturated carbocycles. The van der Waals surface area contributed by atoms with Crippen molar-refractivity contribution in [1.29, 1.82) is 0 Å². The van der Waals surface area contributed by atoms with Crippen molar-refractivity contribution < 1.29 is 4.74 Å². The minimum atomic E-state index is -0.443. The van der Waals surface area contributed by atoms with Gasteiger partial charge in [0.05, 0.1) is 31.0 Å². The van der Waals surface area contributed by atoms with Crippen molar-refractivity contribution >= 4 is 0 Å². The van der Waals surface area contributed by atoms with E-state index in [0.717, 1.165) is 38.5 Å². The third-order valence-corrected chi connectivity index (χ3v) is 3.26. The summed E-state index contributed by atoms with van der Waals surface area (Å²) in [7, 11) is 0. The van der Waals surface area contributed by atoms with E-state index in [0.29, 0.717) is 0 Å². The van der Waals surface area contributed by atoms with Crippen LogP contribution in [0.2, 0.25) is 0 Å². The van der Waals surface area contributed by atoms with E-state index in [-0.39, 0.29) is 6.10 Å². The molecule has 2 heterocycles. The SMILES string of the molecule is CCN1CCOC(Cn2cc(C(C)(C)N)nn2)C1. The van der Waals surface area contributed by atoms with Crippen LogP contribution in [0.4, 0.5) is 0 Å². The molecule has 0 spiro atoms. The van der Waals surface area contributed by atoms with E-state index >= 15 is 0 Å². The summed E-state index contributed by atoms with van der Waals surface area (Å²) in [4.78, 5) is 2.39. The molecule has 1 unspecified atom stereocenters. The monoisotopic (exact) mass is 253 g/mol. The molecule has 0 radical (unpaired) electrons. The summed E-state index contributed by atoms with van der Waals surface area (Å²) < 4.78 is 7.57. The lowest BCUT2D eigenvalue weighted by Crippen LogP contribution is -2.44. The lowest BCUT2D eigenvalue weighted by molar-refractivity contribution is -0.0360. The van der Waals surface area contributed by atoms with Gasteiger partial charge in [0.1, 0.15) is 5.69 Å². The summed E-state index contributed by atoms with van der Waals surface area (Å²) in [5.41, 5.74) is 6.36. The second-order valence-electron chi connectivity index (χ2n) is 5.43. The van der Waals surface area contributed by atoms with Crippen LogP contribution in [-0.2, 0) is 16.8 Å². The molecule has 1 aromatic heterocycles. The maximum atomic E-state index is 5.99. The molecule has 6 nitrogen and oxygen atoms in total. The molecule has 102 valence electrons. The number of rotatable bonds is 4. The zero-order valence-corrected chi connectivity index (χ0v) is 11.5. The normalized spacial score (nSPS) is 22.3. The Morgan fingerprint density at radius 2 is 2.33 bits per heavy atom. The minimum Gasteiger partial charge on any atom is -0.374 e. The van der Waals surface area contributed by atoms with Crippen LogP contribution in [0.1, 0.15) is 26.5 Å². The number of ether oxygens (including phenoxy) is 1. The van der Waals surface area contributed by atoms with Crippen LogP contribution >= 0.6 is 0 Å². The van der Waals surface area contributed by atoms with Gasteiger partial charge in [-0.15, -0.1) is 5.10 Å². The molecule has 2 N–H and O–H groups in total. The Morgan fingerprint density at radius 1 is 1.56 bits per heavy atom. The van der Waals surface area contributed by atoms with E-state index in [4.69, 9.17) is 10.5 Å². The molecule has 1 saturated heterocycles. The fraction of sp³-hybridized carbons (Fsp3) is 0.833. The van der Waals surface area contributed by atoms with Crippen LogP contribution in [0.5, 0.6) is 0 Å². The molecule has 1 atom stereocenters. The lowest BCUT2D eigenvalue weighted by Gasteiger charge is -2.31. The third kappa shape index (κ3) is 3.28. The van der Waals surface area contributed by atoms with E-state index in [2.05, 4.69) is 22.1 Å². The summed E-state index contributed by atoms with van der Waals surface area (Å²) in [6.07, 6.45) is 2.10. The Bertz CT molecular complexity index is 384. The largest absolute Gasteiger partial charge is 0.374 e. The predicted molar refractivity (Wildman–Crippen MR) is 69.1 cm³/mol. The highest BCUT2D eigenvalue weighted by Gasteiger charge is 2.22. The van der Waals surface area contributed by atoms with Gasteiger partial charge in [0.25, 0.3) is 0 Å². The van der Waals surface area contributed by atoms with Gasteiger partial charge in [-0.1, -0.05) is 12.1 Å². The molecule has 0 amide bonds. The standard InChI is InChI=1S/C12H23N5O/c1-4-16-5-6-18-10(7-16)8-17-9-11(14-15-17)12(2,3)13/h9-10H,4-8,13H2,1-3H3. The Hall–Kier alpha value is -0.980. The average Bonchev–Trinajstić information content (AvgIpc) is 2.77. The minimum absolute atomic E-state index is 0.189. The zero-order chi connectivity index (χ0) is 13.2. The van der Waals surface area contributed by atoms with Crippen LogP contribution in [0.15, 0.2) is 6.20 Å². The molecule has 0 aliphatic carbocycles. The Labute approximate surface area is 108 Å². The van der Waals surface area contributed by atoms with Gasteiger partial charge in [-0.2, -0.15) is 0 Å². The van der Waals surface area contributed by atoms with Crippen LogP contribution in [-0.4, -0.2) is 52.2 Å². The number of hydrogen-bond acceptors (Lipinski definition) is 5. The topological polar surface area (TPSA) is 69.2 Å². The molecule has 18 heavy (non-hydrogen) atoms. The molecule has 2 rings (SSSR count). The molecule has 1 fully saturated rings. The smallest absolute Gasteiger partial charge is 0.102 e. The van der Waals surface area contributed by atoms with Crippen LogP contribution in [0.25, 0.3) is 0 Å². The van der Waals surface area contributed by atoms with Gasteiger partial charge in [-0.05, 0) is 20.4 Å². The summed E-state index contributed by atoms with van der Waals surface area (Å²) >= 11 is 0. The first kappa shape index (κ1) is 13.5. The first-order chi connectivity index (χ1) is 8.49. The fourth-order valence-corrected chi connectivity index (χ4v) is 2.07. The van der Waals surface area contributed by atoms with Crippen molar-refractivity contribution in [2.75, 3.05) is 26.2 Å². The first-order valence-corrected chi connectivity index (χ1v) is 6.52. The Kier molecular flexibility index (Phi) is 3.99. The van der Waals surface area contributed by atoms with E-state index in [1.165, 1.54) is 0 Å². The summed E-state index contributed by atoms with van der Waals surface area (Å²) in [5.74, 6) is 0. The second kappa shape index (κ2) is 5.34. The molecular weight excluding hydrogens is 230 g/mol. The predicted octanol–water partition coefficient (Wildman–Crippen LogP) is 0.193. The Morgan fingerprint density at radius 3 is 2.94 bits per heavy atom. The molecular formula is C12H23N5O. The molecule has 1 aliphatic heterocycles. The summed E-state index contributed by atoms with van der Waals surface area (Å²) in [6, 6.07) is 0. The molecule has 0 bridgehead atoms. The second-order valence-corrected chi connectivity index (χ2v) is 5.43. The average molecular weight is 253 g/mol. The molecule has 6 heteroatoms. The van der Waals surface area contributed by atoms with Crippen molar-refractivity contribution in [2.45, 2.75) is 39.0 Å². The zero-order valence-electron chi connectivity index (χ0n) is 11.5. The first-order valence-electron chi connectivity index (χ1n) is 6.52. The summed E-state index contributed by atoms with van der Waals surface area (Å²) in [6.45, 7) is 10.6. The van der Waals surface area contributed by atoms with Gasteiger partial charge >= 0.3 is 0 Å². The maximum Gasteiger partial charge on any atom is 0.102 e. The number of likely N-dealkylation sites (N-methyl/N-ethyl adjacent to an activating group) is 1. The third-order valence-electron chi connectivity index (χ3n) is 3.26. The molecule has 1 aliphatic rings. The highest BCUT2D eigenvalue weighted by molar-refractivity contribution is 5.05. The van der Waals surface area contributed by atoms with Crippen molar-refractivity contribution in [2.24, 2.45) is 5.73 Å². The quantitative estimate of drug-likeness (QED) is 0.829.